The van der Waals surface area contributed by atoms with Crippen LogP contribution in [0.25, 0.3) is 0 Å². The summed E-state index contributed by atoms with van der Waals surface area (Å²) < 4.78 is 5.80. The van der Waals surface area contributed by atoms with Gasteiger partial charge in [0.25, 0.3) is 11.8 Å². The lowest BCUT2D eigenvalue weighted by Crippen LogP contribution is -2.31. The SMILES string of the molecule is CCCCN1C(=O)c2cc(Cl)nnc2Oc2ccc(C)cc21. The summed E-state index contributed by atoms with van der Waals surface area (Å²) >= 11 is 5.88. The number of ether oxygens (including phenoxy) is 1. The van der Waals surface area contributed by atoms with Crippen LogP contribution in [-0.2, 0) is 0 Å². The lowest BCUT2D eigenvalue weighted by Gasteiger charge is -2.22. The van der Waals surface area contributed by atoms with Crippen LogP contribution in [0.15, 0.2) is 24.3 Å². The fraction of sp³-hybridized carbons (Fsp3) is 0.312. The van der Waals surface area contributed by atoms with E-state index in [1.807, 2.05) is 25.1 Å². The molecule has 0 spiro atoms. The second-order valence-corrected chi connectivity index (χ2v) is 5.66. The predicted octanol–water partition coefficient (Wildman–Crippen LogP) is 3.99. The second-order valence-electron chi connectivity index (χ2n) is 5.27. The number of amides is 1. The predicted molar refractivity (Wildman–Crippen MR) is 84.9 cm³/mol. The fourth-order valence-electron chi connectivity index (χ4n) is 2.41. The smallest absolute Gasteiger partial charge is 0.264 e. The molecule has 114 valence electrons. The molecule has 22 heavy (non-hydrogen) atoms. The first-order valence-electron chi connectivity index (χ1n) is 7.23. The Labute approximate surface area is 133 Å². The van der Waals surface area contributed by atoms with Crippen molar-refractivity contribution in [2.45, 2.75) is 26.7 Å². The summed E-state index contributed by atoms with van der Waals surface area (Å²) in [7, 11) is 0. The van der Waals surface area contributed by atoms with Crippen molar-refractivity contribution in [1.82, 2.24) is 10.2 Å². The number of carbonyl (C=O) groups is 1. The summed E-state index contributed by atoms with van der Waals surface area (Å²) in [5.74, 6) is 0.633. The van der Waals surface area contributed by atoms with Gasteiger partial charge in [-0.3, -0.25) is 4.79 Å². The molecule has 2 heterocycles. The Morgan fingerprint density at radius 1 is 1.27 bits per heavy atom. The van der Waals surface area contributed by atoms with Crippen LogP contribution in [0.3, 0.4) is 0 Å². The van der Waals surface area contributed by atoms with Gasteiger partial charge in [0.2, 0.25) is 0 Å². The van der Waals surface area contributed by atoms with E-state index in [0.29, 0.717) is 17.9 Å². The van der Waals surface area contributed by atoms with Crippen molar-refractivity contribution in [3.63, 3.8) is 0 Å². The molecule has 3 rings (SSSR count). The molecular weight excluding hydrogens is 302 g/mol. The van der Waals surface area contributed by atoms with Gasteiger partial charge in [0.1, 0.15) is 5.56 Å². The molecule has 0 unspecified atom stereocenters. The van der Waals surface area contributed by atoms with E-state index < -0.39 is 0 Å². The van der Waals surface area contributed by atoms with E-state index in [0.717, 1.165) is 24.1 Å². The van der Waals surface area contributed by atoms with Crippen molar-refractivity contribution in [3.05, 3.63) is 40.5 Å². The molecule has 1 amide bonds. The monoisotopic (exact) mass is 317 g/mol. The van der Waals surface area contributed by atoms with Crippen molar-refractivity contribution in [2.24, 2.45) is 0 Å². The highest BCUT2D eigenvalue weighted by atomic mass is 35.5. The van der Waals surface area contributed by atoms with Gasteiger partial charge in [0, 0.05) is 6.54 Å². The maximum absolute atomic E-state index is 12.9. The quantitative estimate of drug-likeness (QED) is 0.859. The van der Waals surface area contributed by atoms with Gasteiger partial charge in [-0.2, -0.15) is 0 Å². The zero-order valence-corrected chi connectivity index (χ0v) is 13.2. The van der Waals surface area contributed by atoms with Gasteiger partial charge in [-0.15, -0.1) is 10.2 Å². The van der Waals surface area contributed by atoms with Gasteiger partial charge < -0.3 is 9.64 Å². The first-order chi connectivity index (χ1) is 10.6. The molecule has 1 aromatic heterocycles. The second kappa shape index (κ2) is 5.93. The van der Waals surface area contributed by atoms with Crippen LogP contribution < -0.4 is 9.64 Å². The van der Waals surface area contributed by atoms with Crippen LogP contribution in [0.4, 0.5) is 5.69 Å². The minimum Gasteiger partial charge on any atom is -0.435 e. The third-order valence-corrected chi connectivity index (χ3v) is 3.74. The third-order valence-electron chi connectivity index (χ3n) is 3.55. The largest absolute Gasteiger partial charge is 0.435 e. The van der Waals surface area contributed by atoms with Crippen molar-refractivity contribution >= 4 is 23.2 Å². The molecule has 0 aliphatic carbocycles. The van der Waals surface area contributed by atoms with Crippen LogP contribution in [0.1, 0.15) is 35.7 Å². The molecule has 0 N–H and O–H groups in total. The minimum absolute atomic E-state index is 0.162. The Hall–Kier alpha value is -2.14. The van der Waals surface area contributed by atoms with Gasteiger partial charge in [-0.25, -0.2) is 0 Å². The topological polar surface area (TPSA) is 55.3 Å². The molecule has 1 aliphatic heterocycles. The van der Waals surface area contributed by atoms with E-state index in [-0.39, 0.29) is 16.9 Å². The van der Waals surface area contributed by atoms with Gasteiger partial charge >= 0.3 is 0 Å². The standard InChI is InChI=1S/C16H16ClN3O2/c1-3-4-7-20-12-8-10(2)5-6-13(12)22-15-11(16(20)21)9-14(17)18-19-15/h5-6,8-9H,3-4,7H2,1-2H3. The Balaban J connectivity index is 2.15. The van der Waals surface area contributed by atoms with E-state index in [4.69, 9.17) is 16.3 Å². The lowest BCUT2D eigenvalue weighted by atomic mass is 10.1. The van der Waals surface area contributed by atoms with Gasteiger partial charge in [-0.1, -0.05) is 31.0 Å². The van der Waals surface area contributed by atoms with Gasteiger partial charge in [0.05, 0.1) is 5.69 Å². The first kappa shape index (κ1) is 14.8. The van der Waals surface area contributed by atoms with Crippen LogP contribution in [0.2, 0.25) is 5.15 Å². The van der Waals surface area contributed by atoms with Gasteiger partial charge in [0.15, 0.2) is 10.9 Å². The summed E-state index contributed by atoms with van der Waals surface area (Å²) in [4.78, 5) is 14.6. The van der Waals surface area contributed by atoms with E-state index in [9.17, 15) is 4.79 Å². The molecule has 1 aromatic carbocycles. The molecule has 2 aromatic rings. The number of aromatic nitrogens is 2. The highest BCUT2D eigenvalue weighted by Gasteiger charge is 2.29. The zero-order chi connectivity index (χ0) is 15.7. The molecule has 1 aliphatic rings. The average molecular weight is 318 g/mol. The molecule has 5 nitrogen and oxygen atoms in total. The molecule has 6 heteroatoms. The molecule has 0 saturated carbocycles. The molecule has 0 saturated heterocycles. The third kappa shape index (κ3) is 2.64. The zero-order valence-electron chi connectivity index (χ0n) is 12.5. The highest BCUT2D eigenvalue weighted by molar-refractivity contribution is 6.29. The normalized spacial score (nSPS) is 13.2. The number of halogens is 1. The minimum atomic E-state index is -0.162. The van der Waals surface area contributed by atoms with E-state index in [1.165, 1.54) is 6.07 Å². The van der Waals surface area contributed by atoms with Gasteiger partial charge in [-0.05, 0) is 37.1 Å². The number of unbranched alkanes of at least 4 members (excludes halogenated alkanes) is 1. The lowest BCUT2D eigenvalue weighted by molar-refractivity contribution is 0.0986. The number of carbonyl (C=O) groups excluding carboxylic acids is 1. The summed E-state index contributed by atoms with van der Waals surface area (Å²) in [5.41, 5.74) is 2.16. The van der Waals surface area contributed by atoms with Crippen molar-refractivity contribution in [3.8, 4) is 11.6 Å². The van der Waals surface area contributed by atoms with Crippen LogP contribution in [-0.4, -0.2) is 22.6 Å². The first-order valence-corrected chi connectivity index (χ1v) is 7.61. The molecule has 0 bridgehead atoms. The summed E-state index contributed by atoms with van der Waals surface area (Å²) in [6, 6.07) is 7.24. The number of anilines is 1. The molecule has 0 fully saturated rings. The average Bonchev–Trinajstić information content (AvgIpc) is 2.61. The van der Waals surface area contributed by atoms with Crippen molar-refractivity contribution < 1.29 is 9.53 Å². The maximum Gasteiger partial charge on any atom is 0.264 e. The van der Waals surface area contributed by atoms with Crippen LogP contribution >= 0.6 is 11.6 Å². The maximum atomic E-state index is 12.9. The number of hydrogen-bond donors (Lipinski definition) is 0. The molecule has 0 radical (unpaired) electrons. The van der Waals surface area contributed by atoms with E-state index in [1.54, 1.807) is 4.90 Å². The van der Waals surface area contributed by atoms with E-state index >= 15 is 0 Å². The summed E-state index contributed by atoms with van der Waals surface area (Å²) in [5, 5.41) is 7.85. The number of aryl methyl sites for hydroxylation is 1. The fourth-order valence-corrected chi connectivity index (χ4v) is 2.55. The van der Waals surface area contributed by atoms with E-state index in [2.05, 4.69) is 17.1 Å². The van der Waals surface area contributed by atoms with Crippen molar-refractivity contribution in [2.75, 3.05) is 11.4 Å². The number of rotatable bonds is 3. The Bertz CT molecular complexity index is 733. The molecular formula is C16H16ClN3O2. The Morgan fingerprint density at radius 2 is 2.09 bits per heavy atom. The Kier molecular flexibility index (Phi) is 3.98. The van der Waals surface area contributed by atoms with Crippen LogP contribution in [0, 0.1) is 6.92 Å². The summed E-state index contributed by atoms with van der Waals surface area (Å²) in [6.07, 6.45) is 1.90. The highest BCUT2D eigenvalue weighted by Crippen LogP contribution is 2.38. The van der Waals surface area contributed by atoms with Crippen LogP contribution in [0.5, 0.6) is 11.6 Å². The number of benzene rings is 1. The van der Waals surface area contributed by atoms with Crippen molar-refractivity contribution in [1.29, 1.82) is 0 Å². The molecule has 0 atom stereocenters. The number of fused-ring (bicyclic) bond motifs is 2. The number of hydrogen-bond acceptors (Lipinski definition) is 4. The Morgan fingerprint density at radius 3 is 2.86 bits per heavy atom. The number of nitrogens with zero attached hydrogens (tertiary/aromatic N) is 3. The summed E-state index contributed by atoms with van der Waals surface area (Å²) in [6.45, 7) is 4.69.